The van der Waals surface area contributed by atoms with Crippen molar-refractivity contribution in [3.05, 3.63) is 29.2 Å². The monoisotopic (exact) mass is 181 g/mol. The highest BCUT2D eigenvalue weighted by atomic mass is 35.5. The first-order valence-corrected chi connectivity index (χ1v) is 4.18. The van der Waals surface area contributed by atoms with Crippen LogP contribution >= 0.6 is 11.6 Å². The van der Waals surface area contributed by atoms with Gasteiger partial charge in [0.05, 0.1) is 11.9 Å². The molecule has 0 aliphatic rings. The Kier molecular flexibility index (Phi) is 1.73. The van der Waals surface area contributed by atoms with E-state index in [4.69, 9.17) is 11.6 Å². The molecule has 0 bridgehead atoms. The number of rotatable bonds is 1. The topological polar surface area (TPSA) is 30.2 Å². The van der Waals surface area contributed by atoms with E-state index in [1.54, 1.807) is 10.7 Å². The maximum absolute atomic E-state index is 5.84. The van der Waals surface area contributed by atoms with Crippen LogP contribution in [0.25, 0.3) is 5.65 Å². The molecule has 2 aromatic heterocycles. The second-order valence-electron chi connectivity index (χ2n) is 2.53. The third-order valence-corrected chi connectivity index (χ3v) is 2.00. The highest BCUT2D eigenvalue weighted by molar-refractivity contribution is 6.29. The highest BCUT2D eigenvalue weighted by Crippen LogP contribution is 2.10. The van der Waals surface area contributed by atoms with Gasteiger partial charge in [0.1, 0.15) is 0 Å². The van der Waals surface area contributed by atoms with Gasteiger partial charge in [0.25, 0.3) is 0 Å². The fourth-order valence-corrected chi connectivity index (χ4v) is 1.25. The molecule has 0 aromatic carbocycles. The summed E-state index contributed by atoms with van der Waals surface area (Å²) >= 11 is 5.84. The summed E-state index contributed by atoms with van der Waals surface area (Å²) in [5, 5.41) is 4.83. The van der Waals surface area contributed by atoms with Crippen LogP contribution in [-0.4, -0.2) is 14.6 Å². The SMILES string of the molecule is CCc1ccc2ncc(Cl)n2n1. The molecule has 0 amide bonds. The van der Waals surface area contributed by atoms with Gasteiger partial charge in [-0.2, -0.15) is 5.10 Å². The van der Waals surface area contributed by atoms with Gasteiger partial charge in [0.2, 0.25) is 0 Å². The van der Waals surface area contributed by atoms with Crippen LogP contribution in [0.3, 0.4) is 0 Å². The first-order chi connectivity index (χ1) is 5.81. The molecule has 0 saturated heterocycles. The van der Waals surface area contributed by atoms with Crippen molar-refractivity contribution in [2.45, 2.75) is 13.3 Å². The second-order valence-corrected chi connectivity index (χ2v) is 2.92. The van der Waals surface area contributed by atoms with E-state index in [9.17, 15) is 0 Å². The van der Waals surface area contributed by atoms with Crippen LogP contribution in [0.15, 0.2) is 18.3 Å². The van der Waals surface area contributed by atoms with Gasteiger partial charge < -0.3 is 0 Å². The van der Waals surface area contributed by atoms with Crippen LogP contribution in [0.4, 0.5) is 0 Å². The summed E-state index contributed by atoms with van der Waals surface area (Å²) in [6, 6.07) is 3.87. The maximum Gasteiger partial charge on any atom is 0.155 e. The minimum atomic E-state index is 0.556. The molecule has 12 heavy (non-hydrogen) atoms. The van der Waals surface area contributed by atoms with Crippen molar-refractivity contribution < 1.29 is 0 Å². The summed E-state index contributed by atoms with van der Waals surface area (Å²) in [6.45, 7) is 2.05. The number of fused-ring (bicyclic) bond motifs is 1. The Morgan fingerprint density at radius 2 is 2.33 bits per heavy atom. The molecule has 0 aliphatic heterocycles. The van der Waals surface area contributed by atoms with Crippen molar-refractivity contribution in [3.8, 4) is 0 Å². The van der Waals surface area contributed by atoms with Gasteiger partial charge in [-0.3, -0.25) is 0 Å². The first-order valence-electron chi connectivity index (χ1n) is 3.80. The van der Waals surface area contributed by atoms with Gasteiger partial charge in [-0.25, -0.2) is 9.50 Å². The molecule has 0 aliphatic carbocycles. The van der Waals surface area contributed by atoms with E-state index in [2.05, 4.69) is 17.0 Å². The molecule has 2 rings (SSSR count). The van der Waals surface area contributed by atoms with E-state index in [0.717, 1.165) is 17.8 Å². The van der Waals surface area contributed by atoms with Crippen LogP contribution < -0.4 is 0 Å². The number of hydrogen-bond acceptors (Lipinski definition) is 2. The molecular weight excluding hydrogens is 174 g/mol. The lowest BCUT2D eigenvalue weighted by Gasteiger charge is -1.96. The molecule has 0 atom stereocenters. The maximum atomic E-state index is 5.84. The van der Waals surface area contributed by atoms with Crippen LogP contribution in [0.5, 0.6) is 0 Å². The standard InChI is InChI=1S/C8H8ClN3/c1-2-6-3-4-8-10-5-7(9)12(8)11-6/h3-5H,2H2,1H3. The van der Waals surface area contributed by atoms with Crippen molar-refractivity contribution in [3.63, 3.8) is 0 Å². The van der Waals surface area contributed by atoms with Crippen molar-refractivity contribution in [2.24, 2.45) is 0 Å². The summed E-state index contributed by atoms with van der Waals surface area (Å²) in [6.07, 6.45) is 2.51. The second kappa shape index (κ2) is 2.75. The molecule has 62 valence electrons. The van der Waals surface area contributed by atoms with E-state index in [-0.39, 0.29) is 0 Å². The number of halogens is 1. The van der Waals surface area contributed by atoms with Gasteiger partial charge in [-0.1, -0.05) is 18.5 Å². The third-order valence-electron chi connectivity index (χ3n) is 1.74. The lowest BCUT2D eigenvalue weighted by molar-refractivity contribution is 0.862. The quantitative estimate of drug-likeness (QED) is 0.673. The average molecular weight is 182 g/mol. The van der Waals surface area contributed by atoms with Crippen LogP contribution in [-0.2, 0) is 6.42 Å². The Bertz CT molecular complexity index is 408. The molecule has 0 saturated carbocycles. The van der Waals surface area contributed by atoms with Crippen LogP contribution in [0, 0.1) is 0 Å². The summed E-state index contributed by atoms with van der Waals surface area (Å²) in [7, 11) is 0. The number of hydrogen-bond donors (Lipinski definition) is 0. The minimum Gasteiger partial charge on any atom is -0.234 e. The Hall–Kier alpha value is -1.09. The Balaban J connectivity index is 2.71. The van der Waals surface area contributed by atoms with E-state index < -0.39 is 0 Å². The third kappa shape index (κ3) is 1.06. The average Bonchev–Trinajstić information content (AvgIpc) is 2.47. The molecule has 0 spiro atoms. The van der Waals surface area contributed by atoms with Gasteiger partial charge in [0, 0.05) is 0 Å². The fourth-order valence-electron chi connectivity index (χ4n) is 1.07. The van der Waals surface area contributed by atoms with Gasteiger partial charge >= 0.3 is 0 Å². The van der Waals surface area contributed by atoms with E-state index in [0.29, 0.717) is 5.15 Å². The summed E-state index contributed by atoms with van der Waals surface area (Å²) in [5.41, 5.74) is 1.81. The smallest absolute Gasteiger partial charge is 0.155 e. The summed E-state index contributed by atoms with van der Waals surface area (Å²) in [4.78, 5) is 4.06. The Labute approximate surface area is 75.0 Å². The van der Waals surface area contributed by atoms with Gasteiger partial charge in [-0.05, 0) is 18.6 Å². The zero-order valence-corrected chi connectivity index (χ0v) is 7.41. The van der Waals surface area contributed by atoms with Crippen molar-refractivity contribution in [1.82, 2.24) is 14.6 Å². The lowest BCUT2D eigenvalue weighted by atomic mass is 10.3. The number of imidazole rings is 1. The fraction of sp³-hybridized carbons (Fsp3) is 0.250. The highest BCUT2D eigenvalue weighted by Gasteiger charge is 2.01. The predicted octanol–water partition coefficient (Wildman–Crippen LogP) is 1.95. The van der Waals surface area contributed by atoms with E-state index in [1.807, 2.05) is 12.1 Å². The number of aromatic nitrogens is 3. The number of aryl methyl sites for hydroxylation is 1. The van der Waals surface area contributed by atoms with Gasteiger partial charge in [0.15, 0.2) is 10.8 Å². The van der Waals surface area contributed by atoms with Crippen LogP contribution in [0.1, 0.15) is 12.6 Å². The molecule has 0 radical (unpaired) electrons. The Morgan fingerprint density at radius 1 is 1.50 bits per heavy atom. The lowest BCUT2D eigenvalue weighted by Crippen LogP contribution is -1.96. The largest absolute Gasteiger partial charge is 0.234 e. The Morgan fingerprint density at radius 3 is 3.08 bits per heavy atom. The predicted molar refractivity (Wildman–Crippen MR) is 47.4 cm³/mol. The summed E-state index contributed by atoms with van der Waals surface area (Å²) < 4.78 is 1.64. The van der Waals surface area contributed by atoms with Crippen molar-refractivity contribution in [2.75, 3.05) is 0 Å². The molecular formula is C8H8ClN3. The molecule has 0 fully saturated rings. The van der Waals surface area contributed by atoms with Crippen molar-refractivity contribution in [1.29, 1.82) is 0 Å². The molecule has 0 N–H and O–H groups in total. The zero-order valence-electron chi connectivity index (χ0n) is 6.66. The minimum absolute atomic E-state index is 0.556. The van der Waals surface area contributed by atoms with Crippen LogP contribution in [0.2, 0.25) is 5.15 Å². The molecule has 3 nitrogen and oxygen atoms in total. The molecule has 4 heteroatoms. The molecule has 2 heterocycles. The van der Waals surface area contributed by atoms with Gasteiger partial charge in [-0.15, -0.1) is 0 Å². The van der Waals surface area contributed by atoms with E-state index in [1.165, 1.54) is 0 Å². The summed E-state index contributed by atoms with van der Waals surface area (Å²) in [5.74, 6) is 0. The first kappa shape index (κ1) is 7.55. The molecule has 2 aromatic rings. The normalized spacial score (nSPS) is 10.8. The zero-order chi connectivity index (χ0) is 8.55. The molecule has 0 unspecified atom stereocenters. The number of nitrogens with zero attached hydrogens (tertiary/aromatic N) is 3. The van der Waals surface area contributed by atoms with Crippen molar-refractivity contribution >= 4 is 17.2 Å². The van der Waals surface area contributed by atoms with E-state index >= 15 is 0 Å².